The predicted octanol–water partition coefficient (Wildman–Crippen LogP) is 2.31. The highest BCUT2D eigenvalue weighted by Gasteiger charge is 2.12. The number of rotatable bonds is 8. The van der Waals surface area contributed by atoms with Gasteiger partial charge in [0.2, 0.25) is 0 Å². The van der Waals surface area contributed by atoms with Gasteiger partial charge in [0.1, 0.15) is 11.0 Å². The van der Waals surface area contributed by atoms with Gasteiger partial charge in [-0.1, -0.05) is 24.9 Å². The van der Waals surface area contributed by atoms with Gasteiger partial charge in [-0.2, -0.15) is 0 Å². The zero-order valence-electron chi connectivity index (χ0n) is 11.9. The Morgan fingerprint density at radius 3 is 2.80 bits per heavy atom. The Labute approximate surface area is 124 Å². The highest BCUT2D eigenvalue weighted by molar-refractivity contribution is 6.29. The zero-order valence-corrected chi connectivity index (χ0v) is 12.7. The summed E-state index contributed by atoms with van der Waals surface area (Å²) in [6.07, 6.45) is 2.72. The molecule has 1 amide bonds. The molecule has 0 aromatic carbocycles. The van der Waals surface area contributed by atoms with Gasteiger partial charge in [-0.25, -0.2) is 4.98 Å². The van der Waals surface area contributed by atoms with Crippen molar-refractivity contribution in [2.75, 3.05) is 25.5 Å². The van der Waals surface area contributed by atoms with E-state index in [9.17, 15) is 4.79 Å². The second-order valence-electron chi connectivity index (χ2n) is 4.69. The van der Waals surface area contributed by atoms with Crippen molar-refractivity contribution in [3.63, 3.8) is 0 Å². The number of pyridine rings is 1. The van der Waals surface area contributed by atoms with Gasteiger partial charge in [-0.15, -0.1) is 0 Å². The van der Waals surface area contributed by atoms with Crippen molar-refractivity contribution in [1.29, 1.82) is 0 Å². The van der Waals surface area contributed by atoms with Crippen LogP contribution in [0.15, 0.2) is 12.1 Å². The van der Waals surface area contributed by atoms with Gasteiger partial charge < -0.3 is 15.7 Å². The molecular formula is C14H22ClN3O2. The third-order valence-electron chi connectivity index (χ3n) is 3.10. The van der Waals surface area contributed by atoms with Gasteiger partial charge in [-0.05, 0) is 30.9 Å². The van der Waals surface area contributed by atoms with Gasteiger partial charge in [0.15, 0.2) is 0 Å². The van der Waals surface area contributed by atoms with Crippen LogP contribution in [0.5, 0.6) is 0 Å². The molecule has 1 aromatic rings. The topological polar surface area (TPSA) is 74.2 Å². The summed E-state index contributed by atoms with van der Waals surface area (Å²) in [5.74, 6) is 0.683. The summed E-state index contributed by atoms with van der Waals surface area (Å²) in [5, 5.41) is 15.0. The minimum atomic E-state index is -0.176. The molecule has 112 valence electrons. The molecule has 1 rings (SSSR count). The maximum absolute atomic E-state index is 12.1. The first-order valence-electron chi connectivity index (χ1n) is 6.85. The van der Waals surface area contributed by atoms with Crippen molar-refractivity contribution in [2.24, 2.45) is 5.92 Å². The summed E-state index contributed by atoms with van der Waals surface area (Å²) in [6, 6.07) is 3.20. The Kier molecular flexibility index (Phi) is 7.33. The summed E-state index contributed by atoms with van der Waals surface area (Å²) in [6.45, 7) is 2.79. The maximum atomic E-state index is 12.1. The number of halogens is 1. The number of anilines is 1. The Bertz CT molecular complexity index is 434. The number of aromatic nitrogens is 1. The van der Waals surface area contributed by atoms with Gasteiger partial charge >= 0.3 is 0 Å². The molecule has 0 saturated carbocycles. The second-order valence-corrected chi connectivity index (χ2v) is 5.08. The van der Waals surface area contributed by atoms with Crippen LogP contribution >= 0.6 is 11.6 Å². The predicted molar refractivity (Wildman–Crippen MR) is 81.2 cm³/mol. The van der Waals surface area contributed by atoms with Gasteiger partial charge in [-0.3, -0.25) is 4.79 Å². The second kappa shape index (κ2) is 8.76. The molecule has 20 heavy (non-hydrogen) atoms. The van der Waals surface area contributed by atoms with Crippen LogP contribution in [0.3, 0.4) is 0 Å². The SMILES string of the molecule is CCCC(CCO)CNC(=O)c1cc(Cl)nc(NC)c1. The first-order valence-corrected chi connectivity index (χ1v) is 7.22. The molecule has 0 spiro atoms. The number of aliphatic hydroxyl groups is 1. The van der Waals surface area contributed by atoms with Crippen LogP contribution in [0.4, 0.5) is 5.82 Å². The number of carbonyl (C=O) groups excluding carboxylic acids is 1. The summed E-state index contributed by atoms with van der Waals surface area (Å²) in [4.78, 5) is 16.1. The highest BCUT2D eigenvalue weighted by Crippen LogP contribution is 2.15. The molecule has 0 aliphatic heterocycles. The highest BCUT2D eigenvalue weighted by atomic mass is 35.5. The lowest BCUT2D eigenvalue weighted by molar-refractivity contribution is 0.0943. The Morgan fingerprint density at radius 1 is 1.45 bits per heavy atom. The van der Waals surface area contributed by atoms with Crippen LogP contribution in [-0.2, 0) is 0 Å². The van der Waals surface area contributed by atoms with Crippen LogP contribution < -0.4 is 10.6 Å². The van der Waals surface area contributed by atoms with Crippen LogP contribution in [0, 0.1) is 5.92 Å². The van der Waals surface area contributed by atoms with Crippen molar-refractivity contribution in [2.45, 2.75) is 26.2 Å². The maximum Gasteiger partial charge on any atom is 0.251 e. The molecule has 1 heterocycles. The normalized spacial score (nSPS) is 12.0. The molecule has 0 saturated heterocycles. The molecule has 0 fully saturated rings. The number of nitrogens with zero attached hydrogens (tertiary/aromatic N) is 1. The average Bonchev–Trinajstić information content (AvgIpc) is 2.44. The summed E-state index contributed by atoms with van der Waals surface area (Å²) in [7, 11) is 1.72. The summed E-state index contributed by atoms with van der Waals surface area (Å²) in [5.41, 5.74) is 0.480. The number of nitrogens with one attached hydrogen (secondary N) is 2. The van der Waals surface area contributed by atoms with Gasteiger partial charge in [0.25, 0.3) is 5.91 Å². The third kappa shape index (κ3) is 5.35. The standard InChI is InChI=1S/C14H22ClN3O2/c1-3-4-10(5-6-19)9-17-14(20)11-7-12(15)18-13(8-11)16-2/h7-8,10,19H,3-6,9H2,1-2H3,(H,16,18)(H,17,20). The van der Waals surface area contributed by atoms with E-state index in [1.54, 1.807) is 19.2 Å². The van der Waals surface area contributed by atoms with Gasteiger partial charge in [0, 0.05) is 25.8 Å². The van der Waals surface area contributed by atoms with E-state index >= 15 is 0 Å². The number of amides is 1. The van der Waals surface area contributed by atoms with Crippen molar-refractivity contribution < 1.29 is 9.90 Å². The van der Waals surface area contributed by atoms with Crippen LogP contribution in [0.2, 0.25) is 5.15 Å². The minimum Gasteiger partial charge on any atom is -0.396 e. The molecule has 1 atom stereocenters. The quantitative estimate of drug-likeness (QED) is 0.644. The largest absolute Gasteiger partial charge is 0.396 e. The summed E-state index contributed by atoms with van der Waals surface area (Å²) >= 11 is 5.87. The van der Waals surface area contributed by atoms with Crippen molar-refractivity contribution in [1.82, 2.24) is 10.3 Å². The lowest BCUT2D eigenvalue weighted by Gasteiger charge is -2.15. The number of hydrogen-bond donors (Lipinski definition) is 3. The van der Waals surface area contributed by atoms with Crippen LogP contribution in [-0.4, -0.2) is 36.2 Å². The van der Waals surface area contributed by atoms with E-state index in [0.29, 0.717) is 30.3 Å². The Hall–Kier alpha value is -1.33. The van der Waals surface area contributed by atoms with E-state index in [1.165, 1.54) is 0 Å². The zero-order chi connectivity index (χ0) is 15.0. The van der Waals surface area contributed by atoms with Gasteiger partial charge in [0.05, 0.1) is 0 Å². The van der Waals surface area contributed by atoms with Crippen molar-refractivity contribution >= 4 is 23.3 Å². The van der Waals surface area contributed by atoms with E-state index in [0.717, 1.165) is 12.8 Å². The Balaban J connectivity index is 2.63. The van der Waals surface area contributed by atoms with Crippen LogP contribution in [0.1, 0.15) is 36.5 Å². The molecule has 1 unspecified atom stereocenters. The molecule has 1 aromatic heterocycles. The molecule has 0 aliphatic rings. The van der Waals surface area contributed by atoms with E-state index in [2.05, 4.69) is 22.5 Å². The molecule has 0 radical (unpaired) electrons. The molecule has 3 N–H and O–H groups in total. The fourth-order valence-electron chi connectivity index (χ4n) is 2.03. The molecule has 0 bridgehead atoms. The lowest BCUT2D eigenvalue weighted by Crippen LogP contribution is -2.29. The first-order chi connectivity index (χ1) is 9.60. The minimum absolute atomic E-state index is 0.144. The fraction of sp³-hybridized carbons (Fsp3) is 0.571. The van der Waals surface area contributed by atoms with E-state index in [4.69, 9.17) is 16.7 Å². The lowest BCUT2D eigenvalue weighted by atomic mass is 10.00. The number of aliphatic hydroxyl groups excluding tert-OH is 1. The molecule has 5 nitrogen and oxygen atoms in total. The molecular weight excluding hydrogens is 278 g/mol. The number of hydrogen-bond acceptors (Lipinski definition) is 4. The van der Waals surface area contributed by atoms with E-state index in [-0.39, 0.29) is 17.7 Å². The number of carbonyl (C=O) groups is 1. The molecule has 0 aliphatic carbocycles. The average molecular weight is 300 g/mol. The van der Waals surface area contributed by atoms with E-state index in [1.807, 2.05) is 0 Å². The monoisotopic (exact) mass is 299 g/mol. The van der Waals surface area contributed by atoms with Crippen molar-refractivity contribution in [3.05, 3.63) is 22.8 Å². The fourth-order valence-corrected chi connectivity index (χ4v) is 2.24. The third-order valence-corrected chi connectivity index (χ3v) is 3.29. The van der Waals surface area contributed by atoms with E-state index < -0.39 is 0 Å². The molecule has 6 heteroatoms. The Morgan fingerprint density at radius 2 is 2.20 bits per heavy atom. The van der Waals surface area contributed by atoms with Crippen molar-refractivity contribution in [3.8, 4) is 0 Å². The van der Waals surface area contributed by atoms with Crippen LogP contribution in [0.25, 0.3) is 0 Å². The smallest absolute Gasteiger partial charge is 0.251 e. The first kappa shape index (κ1) is 16.7. The summed E-state index contributed by atoms with van der Waals surface area (Å²) < 4.78 is 0.